The second-order valence-corrected chi connectivity index (χ2v) is 9.63. The zero-order valence-electron chi connectivity index (χ0n) is 20.9. The summed E-state index contributed by atoms with van der Waals surface area (Å²) in [4.78, 5) is 17.6. The Balaban J connectivity index is 1.66. The fourth-order valence-corrected chi connectivity index (χ4v) is 4.64. The van der Waals surface area contributed by atoms with Crippen LogP contribution in [0.5, 0.6) is 0 Å². The number of amides is 1. The van der Waals surface area contributed by atoms with E-state index in [0.29, 0.717) is 50.8 Å². The maximum absolute atomic E-state index is 13.5. The normalized spacial score (nSPS) is 22.7. The number of aromatic nitrogens is 1. The van der Waals surface area contributed by atoms with E-state index in [1.54, 1.807) is 0 Å². The number of hydrogen-bond acceptors (Lipinski definition) is 5. The van der Waals surface area contributed by atoms with Crippen molar-refractivity contribution in [3.05, 3.63) is 58.3 Å². The van der Waals surface area contributed by atoms with E-state index in [1.807, 2.05) is 0 Å². The van der Waals surface area contributed by atoms with Gasteiger partial charge in [-0.25, -0.2) is 9.78 Å². The molecule has 2 fully saturated rings. The van der Waals surface area contributed by atoms with Crippen LogP contribution in [-0.4, -0.2) is 41.3 Å². The summed E-state index contributed by atoms with van der Waals surface area (Å²) in [6, 6.07) is 0.341. The molecular weight excluding hydrogens is 561 g/mol. The molecule has 15 heteroatoms. The van der Waals surface area contributed by atoms with Gasteiger partial charge < -0.3 is 14.8 Å². The molecule has 1 aromatic heterocycles. The van der Waals surface area contributed by atoms with Gasteiger partial charge in [0.1, 0.15) is 11.9 Å². The molecule has 1 N–H and O–H groups in total. The molecule has 2 aliphatic heterocycles. The average molecular weight is 585 g/mol. The number of pyridine rings is 1. The third-order valence-corrected chi connectivity index (χ3v) is 6.76. The van der Waals surface area contributed by atoms with Gasteiger partial charge in [0.25, 0.3) is 0 Å². The molecule has 1 aromatic carbocycles. The third-order valence-electron chi connectivity index (χ3n) is 6.76. The molecule has 220 valence electrons. The van der Waals surface area contributed by atoms with E-state index >= 15 is 0 Å². The zero-order chi connectivity index (χ0) is 29.5. The largest absolute Gasteiger partial charge is 0.439 e. The van der Waals surface area contributed by atoms with Crippen molar-refractivity contribution in [2.24, 2.45) is 0 Å². The summed E-state index contributed by atoms with van der Waals surface area (Å²) in [5, 5.41) is 3.08. The van der Waals surface area contributed by atoms with Crippen molar-refractivity contribution >= 4 is 11.9 Å². The van der Waals surface area contributed by atoms with E-state index in [1.165, 1.54) is 6.92 Å². The summed E-state index contributed by atoms with van der Waals surface area (Å²) in [6.07, 6.45) is -15.1. The molecule has 3 unspecified atom stereocenters. The predicted octanol–water partition coefficient (Wildman–Crippen LogP) is 7.20. The number of nitrogens with zero attached hydrogens (tertiary/aromatic N) is 2. The molecule has 3 heterocycles. The SMILES string of the molecule is CC1C(c2cc(C(F)(F)F)cc(C(F)(F)F)c2)OC(=O)N1Cc1cc(C(F)(F)F)cnc1NC1CCCOCC1. The molecule has 1 amide bonds. The second kappa shape index (κ2) is 11.0. The summed E-state index contributed by atoms with van der Waals surface area (Å²) in [7, 11) is 0. The number of carbonyl (C=O) groups excluding carboxylic acids is 1. The number of alkyl halides is 9. The predicted molar refractivity (Wildman–Crippen MR) is 122 cm³/mol. The third kappa shape index (κ3) is 6.73. The fraction of sp³-hybridized carbons (Fsp3) is 0.520. The maximum atomic E-state index is 13.5. The van der Waals surface area contributed by atoms with E-state index in [-0.39, 0.29) is 23.5 Å². The molecule has 2 aliphatic rings. The Hall–Kier alpha value is -3.23. The van der Waals surface area contributed by atoms with Crippen LogP contribution in [0.4, 0.5) is 50.1 Å². The lowest BCUT2D eigenvalue weighted by atomic mass is 9.97. The first kappa shape index (κ1) is 29.7. The fourth-order valence-electron chi connectivity index (χ4n) is 4.64. The van der Waals surface area contributed by atoms with Crippen molar-refractivity contribution in [1.29, 1.82) is 0 Å². The van der Waals surface area contributed by atoms with Crippen molar-refractivity contribution in [2.75, 3.05) is 18.5 Å². The number of cyclic esters (lactones) is 1. The van der Waals surface area contributed by atoms with Crippen LogP contribution in [0, 0.1) is 0 Å². The molecule has 4 rings (SSSR count). The van der Waals surface area contributed by atoms with E-state index in [0.717, 1.165) is 11.0 Å². The number of halogens is 9. The highest BCUT2D eigenvalue weighted by molar-refractivity contribution is 5.71. The van der Waals surface area contributed by atoms with Crippen molar-refractivity contribution in [3.8, 4) is 0 Å². The van der Waals surface area contributed by atoms with Gasteiger partial charge in [-0.1, -0.05) is 0 Å². The van der Waals surface area contributed by atoms with Gasteiger partial charge in [0, 0.05) is 31.0 Å². The lowest BCUT2D eigenvalue weighted by Crippen LogP contribution is -2.32. The standard InChI is InChI=1S/C25H24F9N3O3/c1-13-20(14-7-16(23(26,27)28)10-17(8-14)24(29,30)31)40-22(38)37(13)12-15-9-18(25(32,33)34)11-35-21(15)36-19-3-2-5-39-6-4-19/h7-11,13,19-20H,2-6,12H2,1H3,(H,35,36). The molecule has 3 atom stereocenters. The number of carbonyl (C=O) groups is 1. The summed E-state index contributed by atoms with van der Waals surface area (Å²) in [5.41, 5.74) is -4.87. The van der Waals surface area contributed by atoms with E-state index in [9.17, 15) is 44.3 Å². The van der Waals surface area contributed by atoms with Crippen LogP contribution in [0.3, 0.4) is 0 Å². The van der Waals surface area contributed by atoms with Gasteiger partial charge in [-0.05, 0) is 56.0 Å². The Labute approximate surface area is 222 Å². The Morgan fingerprint density at radius 1 is 0.900 bits per heavy atom. The second-order valence-electron chi connectivity index (χ2n) is 9.63. The lowest BCUT2D eigenvalue weighted by Gasteiger charge is -2.25. The molecule has 0 spiro atoms. The molecule has 40 heavy (non-hydrogen) atoms. The molecule has 2 aromatic rings. The molecule has 0 aliphatic carbocycles. The van der Waals surface area contributed by atoms with Crippen LogP contribution in [0.1, 0.15) is 60.1 Å². The monoisotopic (exact) mass is 585 g/mol. The molecule has 6 nitrogen and oxygen atoms in total. The molecule has 0 bridgehead atoms. The summed E-state index contributed by atoms with van der Waals surface area (Å²) < 4.78 is 131. The molecular formula is C25H24F9N3O3. The molecule has 0 radical (unpaired) electrons. The van der Waals surface area contributed by atoms with Crippen LogP contribution < -0.4 is 5.32 Å². The Morgan fingerprint density at radius 3 is 2.12 bits per heavy atom. The quantitative estimate of drug-likeness (QED) is 0.376. The Kier molecular flexibility index (Phi) is 8.16. The summed E-state index contributed by atoms with van der Waals surface area (Å²) in [6.45, 7) is 1.77. The minimum absolute atomic E-state index is 0.0481. The van der Waals surface area contributed by atoms with Crippen molar-refractivity contribution in [3.63, 3.8) is 0 Å². The van der Waals surface area contributed by atoms with Crippen LogP contribution in [-0.2, 0) is 34.5 Å². The van der Waals surface area contributed by atoms with Crippen LogP contribution in [0.25, 0.3) is 0 Å². The van der Waals surface area contributed by atoms with Gasteiger partial charge in [0.2, 0.25) is 0 Å². The van der Waals surface area contributed by atoms with Gasteiger partial charge in [-0.2, -0.15) is 39.5 Å². The van der Waals surface area contributed by atoms with Gasteiger partial charge in [0.15, 0.2) is 0 Å². The number of hydrogen-bond donors (Lipinski definition) is 1. The number of rotatable bonds is 5. The van der Waals surface area contributed by atoms with Gasteiger partial charge in [-0.15, -0.1) is 0 Å². The van der Waals surface area contributed by atoms with Gasteiger partial charge >= 0.3 is 24.6 Å². The maximum Gasteiger partial charge on any atom is 0.417 e. The highest BCUT2D eigenvalue weighted by Crippen LogP contribution is 2.41. The number of benzene rings is 1. The number of ether oxygens (including phenoxy) is 2. The molecule has 0 saturated carbocycles. The first-order valence-corrected chi connectivity index (χ1v) is 12.2. The highest BCUT2D eigenvalue weighted by Gasteiger charge is 2.44. The topological polar surface area (TPSA) is 63.7 Å². The van der Waals surface area contributed by atoms with E-state index < -0.39 is 65.6 Å². The van der Waals surface area contributed by atoms with Crippen LogP contribution in [0.15, 0.2) is 30.5 Å². The van der Waals surface area contributed by atoms with E-state index in [2.05, 4.69) is 10.3 Å². The minimum Gasteiger partial charge on any atom is -0.439 e. The van der Waals surface area contributed by atoms with Crippen molar-refractivity contribution in [1.82, 2.24) is 9.88 Å². The average Bonchev–Trinajstić information content (AvgIpc) is 3.01. The number of nitrogens with one attached hydrogen (secondary N) is 1. The van der Waals surface area contributed by atoms with E-state index in [4.69, 9.17) is 9.47 Å². The first-order chi connectivity index (χ1) is 18.5. The first-order valence-electron chi connectivity index (χ1n) is 12.2. The smallest absolute Gasteiger partial charge is 0.417 e. The summed E-state index contributed by atoms with van der Waals surface area (Å²) >= 11 is 0. The summed E-state index contributed by atoms with van der Waals surface area (Å²) in [5.74, 6) is 0.0572. The zero-order valence-corrected chi connectivity index (χ0v) is 20.9. The minimum atomic E-state index is -5.12. The van der Waals surface area contributed by atoms with Crippen LogP contribution >= 0.6 is 0 Å². The molecule has 2 saturated heterocycles. The van der Waals surface area contributed by atoms with Gasteiger partial charge in [0.05, 0.1) is 29.3 Å². The Bertz CT molecular complexity index is 1190. The lowest BCUT2D eigenvalue weighted by molar-refractivity contribution is -0.143. The van der Waals surface area contributed by atoms with Crippen molar-refractivity contribution < 1.29 is 53.8 Å². The Morgan fingerprint density at radius 2 is 1.52 bits per heavy atom. The van der Waals surface area contributed by atoms with Crippen molar-refractivity contribution in [2.45, 2.75) is 69.4 Å². The highest BCUT2D eigenvalue weighted by atomic mass is 19.4. The number of anilines is 1. The van der Waals surface area contributed by atoms with Gasteiger partial charge in [-0.3, -0.25) is 4.90 Å². The van der Waals surface area contributed by atoms with Crippen LogP contribution in [0.2, 0.25) is 0 Å².